The molecule has 1 fully saturated rings. The van der Waals surface area contributed by atoms with Crippen LogP contribution >= 0.6 is 11.3 Å². The quantitative estimate of drug-likeness (QED) is 0.180. The van der Waals surface area contributed by atoms with E-state index in [9.17, 15) is 32.9 Å². The molecule has 224 valence electrons. The average molecular weight is 609 g/mol. The molecule has 42 heavy (non-hydrogen) atoms. The van der Waals surface area contributed by atoms with Crippen LogP contribution in [0.4, 0.5) is 29.3 Å². The molecule has 3 aromatic heterocycles. The van der Waals surface area contributed by atoms with E-state index in [0.29, 0.717) is 27.8 Å². The number of halogens is 4. The highest BCUT2D eigenvalue weighted by molar-refractivity contribution is 7.21. The van der Waals surface area contributed by atoms with Crippen LogP contribution in [-0.4, -0.2) is 66.0 Å². The Morgan fingerprint density at radius 1 is 1.21 bits per heavy atom. The van der Waals surface area contributed by atoms with Crippen LogP contribution in [0.2, 0.25) is 0 Å². The molecule has 5 rings (SSSR count). The van der Waals surface area contributed by atoms with Crippen LogP contribution < -0.4 is 15.4 Å². The molecule has 0 spiro atoms. The van der Waals surface area contributed by atoms with Gasteiger partial charge in [0.15, 0.2) is 0 Å². The first-order chi connectivity index (χ1) is 19.8. The Bertz CT molecular complexity index is 1570. The SMILES string of the molecule is Cc1nc(N[C@H](C)c2ccc(OC(F)(F)F)cc2F)nc(NC2C[C@H](CO)[C@@H](O)[C@@]2(C)O)c1-c1nc2cnccc2s1. The van der Waals surface area contributed by atoms with E-state index in [4.69, 9.17) is 0 Å². The standard InChI is InChI=1S/C27H28F4N6O4S/c1-12(16-5-4-15(9-17(16)28)41-27(29,30)31)33-25-34-13(2)21(24-35-18-10-32-7-6-19(18)42-24)23(37-25)36-20-8-14(11-38)22(39)26(20,3)40/h4-7,9-10,12,14,20,22,38-40H,8,11H2,1-3H3,(H2,33,34,36,37)/t12-,14-,20?,22-,26+/m1/s1. The number of hydrogen-bond acceptors (Lipinski definition) is 11. The third-order valence-electron chi connectivity index (χ3n) is 7.35. The second-order valence-corrected chi connectivity index (χ2v) is 11.4. The summed E-state index contributed by atoms with van der Waals surface area (Å²) in [7, 11) is 0. The molecule has 5 atom stereocenters. The van der Waals surface area contributed by atoms with Crippen molar-refractivity contribution in [3.8, 4) is 16.3 Å². The number of fused-ring (bicyclic) bond motifs is 1. The van der Waals surface area contributed by atoms with E-state index in [1.54, 1.807) is 26.2 Å². The molecule has 15 heteroatoms. The van der Waals surface area contributed by atoms with Crippen molar-refractivity contribution in [1.29, 1.82) is 0 Å². The molecule has 1 aliphatic rings. The van der Waals surface area contributed by atoms with Crippen LogP contribution in [0.3, 0.4) is 0 Å². The number of benzene rings is 1. The molecule has 1 aromatic carbocycles. The number of hydrogen-bond donors (Lipinski definition) is 5. The third-order valence-corrected chi connectivity index (χ3v) is 8.40. The van der Waals surface area contributed by atoms with Gasteiger partial charge in [0.1, 0.15) is 33.5 Å². The lowest BCUT2D eigenvalue weighted by Crippen LogP contribution is -2.48. The highest BCUT2D eigenvalue weighted by Crippen LogP contribution is 2.41. The highest BCUT2D eigenvalue weighted by atomic mass is 32.1. The molecule has 0 bridgehead atoms. The van der Waals surface area contributed by atoms with E-state index >= 15 is 0 Å². The van der Waals surface area contributed by atoms with Gasteiger partial charge in [-0.05, 0) is 39.3 Å². The number of aliphatic hydroxyl groups is 3. The van der Waals surface area contributed by atoms with Gasteiger partial charge in [-0.2, -0.15) is 4.98 Å². The van der Waals surface area contributed by atoms with Gasteiger partial charge >= 0.3 is 6.36 Å². The molecule has 10 nitrogen and oxygen atoms in total. The zero-order valence-electron chi connectivity index (χ0n) is 22.6. The number of ether oxygens (including phenoxy) is 1. The first kappa shape index (κ1) is 29.8. The van der Waals surface area contributed by atoms with Crippen molar-refractivity contribution in [2.24, 2.45) is 5.92 Å². The van der Waals surface area contributed by atoms with Crippen LogP contribution in [0.25, 0.3) is 20.8 Å². The van der Waals surface area contributed by atoms with E-state index in [1.165, 1.54) is 24.3 Å². The fraction of sp³-hybridized carbons (Fsp3) is 0.407. The Kier molecular flexibility index (Phi) is 7.96. The van der Waals surface area contributed by atoms with Crippen molar-refractivity contribution < 1.29 is 37.6 Å². The smallest absolute Gasteiger partial charge is 0.406 e. The number of thiazole rings is 1. The second-order valence-electron chi connectivity index (χ2n) is 10.4. The van der Waals surface area contributed by atoms with Gasteiger partial charge < -0.3 is 30.7 Å². The molecule has 0 aliphatic heterocycles. The summed E-state index contributed by atoms with van der Waals surface area (Å²) in [4.78, 5) is 17.9. The van der Waals surface area contributed by atoms with E-state index in [-0.39, 0.29) is 30.4 Å². The Labute approximate surface area is 241 Å². The van der Waals surface area contributed by atoms with Crippen molar-refractivity contribution in [1.82, 2.24) is 19.9 Å². The van der Waals surface area contributed by atoms with Gasteiger partial charge in [-0.25, -0.2) is 14.4 Å². The molecule has 1 unspecified atom stereocenters. The molecular weight excluding hydrogens is 580 g/mol. The molecule has 5 N–H and O–H groups in total. The lowest BCUT2D eigenvalue weighted by Gasteiger charge is -2.30. The second kappa shape index (κ2) is 11.2. The van der Waals surface area contributed by atoms with E-state index < -0.39 is 47.6 Å². The minimum Gasteiger partial charge on any atom is -0.406 e. The Morgan fingerprint density at radius 3 is 2.62 bits per heavy atom. The zero-order chi connectivity index (χ0) is 30.4. The van der Waals surface area contributed by atoms with Gasteiger partial charge in [-0.3, -0.25) is 4.98 Å². The predicted molar refractivity (Wildman–Crippen MR) is 148 cm³/mol. The molecule has 4 aromatic rings. The first-order valence-corrected chi connectivity index (χ1v) is 13.8. The predicted octanol–water partition coefficient (Wildman–Crippen LogP) is 4.57. The van der Waals surface area contributed by atoms with Crippen molar-refractivity contribution >= 4 is 33.3 Å². The number of nitrogens with one attached hydrogen (secondary N) is 2. The summed E-state index contributed by atoms with van der Waals surface area (Å²) in [6, 6.07) is 3.18. The summed E-state index contributed by atoms with van der Waals surface area (Å²) in [5.41, 5.74) is 0.129. The normalized spacial score (nSPS) is 23.2. The Hall–Kier alpha value is -3.66. The van der Waals surface area contributed by atoms with Gasteiger partial charge in [0.2, 0.25) is 5.95 Å². The van der Waals surface area contributed by atoms with Gasteiger partial charge in [-0.1, -0.05) is 6.07 Å². The molecular formula is C27H28F4N6O4S. The van der Waals surface area contributed by atoms with Gasteiger partial charge in [0, 0.05) is 30.4 Å². The van der Waals surface area contributed by atoms with Crippen LogP contribution in [0.1, 0.15) is 37.6 Å². The molecule has 0 radical (unpaired) electrons. The van der Waals surface area contributed by atoms with Gasteiger partial charge in [0.25, 0.3) is 0 Å². The van der Waals surface area contributed by atoms with Gasteiger partial charge in [-0.15, -0.1) is 24.5 Å². The summed E-state index contributed by atoms with van der Waals surface area (Å²) in [6.45, 7) is 4.47. The Morgan fingerprint density at radius 2 is 1.98 bits per heavy atom. The maximum atomic E-state index is 14.8. The lowest BCUT2D eigenvalue weighted by molar-refractivity contribution is -0.274. The summed E-state index contributed by atoms with van der Waals surface area (Å²) in [6.07, 6.45) is -2.63. The number of nitrogens with zero attached hydrogens (tertiary/aromatic N) is 4. The Balaban J connectivity index is 1.50. The number of anilines is 2. The minimum absolute atomic E-state index is 0.0515. The van der Waals surface area contributed by atoms with E-state index in [0.717, 1.165) is 10.8 Å². The third kappa shape index (κ3) is 5.95. The number of aryl methyl sites for hydroxylation is 1. The van der Waals surface area contributed by atoms with Crippen molar-refractivity contribution in [2.45, 2.75) is 57.3 Å². The summed E-state index contributed by atoms with van der Waals surface area (Å²) >= 11 is 1.38. The summed E-state index contributed by atoms with van der Waals surface area (Å²) in [5, 5.41) is 38.2. The fourth-order valence-electron chi connectivity index (χ4n) is 5.11. The number of alkyl halides is 3. The molecule has 0 saturated heterocycles. The molecule has 1 saturated carbocycles. The van der Waals surface area contributed by atoms with Crippen molar-refractivity contribution in [2.75, 3.05) is 17.2 Å². The van der Waals surface area contributed by atoms with Crippen LogP contribution in [0, 0.1) is 18.7 Å². The molecule has 0 amide bonds. The minimum atomic E-state index is -4.95. The first-order valence-electron chi connectivity index (χ1n) is 13.0. The van der Waals surface area contributed by atoms with E-state index in [1.807, 2.05) is 6.07 Å². The lowest BCUT2D eigenvalue weighted by atomic mass is 9.96. The number of pyridine rings is 1. The highest BCUT2D eigenvalue weighted by Gasteiger charge is 2.50. The average Bonchev–Trinajstić information content (AvgIpc) is 3.41. The van der Waals surface area contributed by atoms with Gasteiger partial charge in [0.05, 0.1) is 40.3 Å². The number of rotatable bonds is 8. The van der Waals surface area contributed by atoms with Crippen molar-refractivity contribution in [3.63, 3.8) is 0 Å². The number of aliphatic hydroxyl groups excluding tert-OH is 2. The summed E-state index contributed by atoms with van der Waals surface area (Å²) in [5.74, 6) is -1.83. The van der Waals surface area contributed by atoms with Crippen LogP contribution in [0.5, 0.6) is 5.75 Å². The maximum absolute atomic E-state index is 14.8. The fourth-order valence-corrected chi connectivity index (χ4v) is 6.14. The maximum Gasteiger partial charge on any atom is 0.573 e. The van der Waals surface area contributed by atoms with E-state index in [2.05, 4.69) is 35.3 Å². The monoisotopic (exact) mass is 608 g/mol. The largest absolute Gasteiger partial charge is 0.573 e. The molecule has 3 heterocycles. The van der Waals surface area contributed by atoms with Crippen LogP contribution in [-0.2, 0) is 0 Å². The molecule has 1 aliphatic carbocycles. The zero-order valence-corrected chi connectivity index (χ0v) is 23.5. The van der Waals surface area contributed by atoms with Crippen LogP contribution in [0.15, 0.2) is 36.7 Å². The van der Waals surface area contributed by atoms with Crippen molar-refractivity contribution in [3.05, 3.63) is 53.7 Å². The number of aromatic nitrogens is 4. The summed E-state index contributed by atoms with van der Waals surface area (Å²) < 4.78 is 57.0. The topological polar surface area (TPSA) is 146 Å².